The fourth-order valence-corrected chi connectivity index (χ4v) is 5.91. The van der Waals surface area contributed by atoms with E-state index in [0.717, 1.165) is 12.5 Å². The third-order valence-electron chi connectivity index (χ3n) is 5.99. The molecule has 8 heteroatoms. The van der Waals surface area contributed by atoms with Gasteiger partial charge < -0.3 is 9.64 Å². The van der Waals surface area contributed by atoms with E-state index in [1.165, 1.54) is 34.7 Å². The van der Waals surface area contributed by atoms with Crippen molar-refractivity contribution >= 4 is 15.9 Å². The zero-order valence-corrected chi connectivity index (χ0v) is 17.7. The standard InChI is InChI=1S/C22H25FN2O4S/c1-29-20-7-6-19(23)14-21(20)30(27,28)25-12-9-17(10-13-25)22(26)24-11-8-16-4-2-3-5-18(16)15-24/h2-7,14,17H,8-13,15H2,1H3. The molecule has 0 unspecified atom stereocenters. The summed E-state index contributed by atoms with van der Waals surface area (Å²) in [5.74, 6) is -0.632. The SMILES string of the molecule is COc1ccc(F)cc1S(=O)(=O)N1CCC(C(=O)N2CCc3ccccc3C2)CC1. The van der Waals surface area contributed by atoms with Crippen molar-refractivity contribution in [3.8, 4) is 5.75 Å². The summed E-state index contributed by atoms with van der Waals surface area (Å²) in [5, 5.41) is 0. The molecule has 2 aliphatic rings. The lowest BCUT2D eigenvalue weighted by Gasteiger charge is -2.35. The zero-order chi connectivity index (χ0) is 21.3. The van der Waals surface area contributed by atoms with Gasteiger partial charge in [0.1, 0.15) is 16.5 Å². The van der Waals surface area contributed by atoms with Crippen molar-refractivity contribution < 1.29 is 22.3 Å². The maximum Gasteiger partial charge on any atom is 0.246 e. The van der Waals surface area contributed by atoms with Gasteiger partial charge in [0, 0.05) is 32.1 Å². The Morgan fingerprint density at radius 2 is 1.77 bits per heavy atom. The van der Waals surface area contributed by atoms with E-state index in [-0.39, 0.29) is 35.6 Å². The Morgan fingerprint density at radius 1 is 1.07 bits per heavy atom. The molecule has 160 valence electrons. The Morgan fingerprint density at radius 3 is 2.47 bits per heavy atom. The lowest BCUT2D eigenvalue weighted by Crippen LogP contribution is -2.45. The molecule has 0 aliphatic carbocycles. The Kier molecular flexibility index (Phi) is 5.79. The minimum Gasteiger partial charge on any atom is -0.495 e. The third-order valence-corrected chi connectivity index (χ3v) is 7.91. The van der Waals surface area contributed by atoms with Crippen LogP contribution in [0.3, 0.4) is 0 Å². The van der Waals surface area contributed by atoms with E-state index >= 15 is 0 Å². The first kappa shape index (κ1) is 20.8. The van der Waals surface area contributed by atoms with Crippen molar-refractivity contribution in [3.05, 3.63) is 59.4 Å². The van der Waals surface area contributed by atoms with E-state index in [2.05, 4.69) is 12.1 Å². The number of benzene rings is 2. The lowest BCUT2D eigenvalue weighted by molar-refractivity contribution is -0.137. The fraction of sp³-hybridized carbons (Fsp3) is 0.409. The van der Waals surface area contributed by atoms with Crippen LogP contribution in [0.2, 0.25) is 0 Å². The number of carbonyl (C=O) groups is 1. The van der Waals surface area contributed by atoms with Gasteiger partial charge in [0.05, 0.1) is 7.11 Å². The number of carbonyl (C=O) groups excluding carboxylic acids is 1. The Labute approximate surface area is 176 Å². The minimum atomic E-state index is -3.90. The number of methoxy groups -OCH3 is 1. The van der Waals surface area contributed by atoms with Gasteiger partial charge in [-0.25, -0.2) is 12.8 Å². The molecule has 0 spiro atoms. The molecule has 1 fully saturated rings. The minimum absolute atomic E-state index is 0.0879. The number of amides is 1. The molecular weight excluding hydrogens is 407 g/mol. The van der Waals surface area contributed by atoms with Gasteiger partial charge in [-0.15, -0.1) is 0 Å². The molecular formula is C22H25FN2O4S. The molecule has 2 heterocycles. The summed E-state index contributed by atoms with van der Waals surface area (Å²) in [4.78, 5) is 14.7. The molecule has 0 atom stereocenters. The Hall–Kier alpha value is -2.45. The van der Waals surface area contributed by atoms with Crippen LogP contribution in [0.1, 0.15) is 24.0 Å². The Balaban J connectivity index is 1.43. The van der Waals surface area contributed by atoms with E-state index in [9.17, 15) is 17.6 Å². The van der Waals surface area contributed by atoms with Crippen molar-refractivity contribution in [1.82, 2.24) is 9.21 Å². The zero-order valence-electron chi connectivity index (χ0n) is 16.9. The van der Waals surface area contributed by atoms with Gasteiger partial charge in [-0.2, -0.15) is 4.31 Å². The topological polar surface area (TPSA) is 66.9 Å². The quantitative estimate of drug-likeness (QED) is 0.745. The number of fused-ring (bicyclic) bond motifs is 1. The highest BCUT2D eigenvalue weighted by atomic mass is 32.2. The second-order valence-corrected chi connectivity index (χ2v) is 9.66. The number of rotatable bonds is 4. The number of sulfonamides is 1. The predicted octanol–water partition coefficient (Wildman–Crippen LogP) is 2.82. The van der Waals surface area contributed by atoms with E-state index in [1.807, 2.05) is 17.0 Å². The first-order chi connectivity index (χ1) is 14.4. The van der Waals surface area contributed by atoms with Crippen LogP contribution in [0, 0.1) is 11.7 Å². The molecule has 0 radical (unpaired) electrons. The number of nitrogens with zero attached hydrogens (tertiary/aromatic N) is 2. The fourth-order valence-electron chi connectivity index (χ4n) is 4.28. The number of piperidine rings is 1. The van der Waals surface area contributed by atoms with Crippen molar-refractivity contribution in [3.63, 3.8) is 0 Å². The smallest absolute Gasteiger partial charge is 0.246 e. The molecule has 2 aromatic carbocycles. The van der Waals surface area contributed by atoms with Gasteiger partial charge in [0.25, 0.3) is 0 Å². The molecule has 4 rings (SSSR count). The van der Waals surface area contributed by atoms with Crippen LogP contribution in [-0.2, 0) is 27.8 Å². The average molecular weight is 433 g/mol. The normalized spacial score (nSPS) is 18.1. The van der Waals surface area contributed by atoms with Crippen LogP contribution in [0.4, 0.5) is 4.39 Å². The number of halogens is 1. The van der Waals surface area contributed by atoms with Gasteiger partial charge in [-0.05, 0) is 48.6 Å². The summed E-state index contributed by atoms with van der Waals surface area (Å²) in [6.45, 7) is 1.74. The van der Waals surface area contributed by atoms with Crippen molar-refractivity contribution in [2.75, 3.05) is 26.7 Å². The van der Waals surface area contributed by atoms with E-state index in [4.69, 9.17) is 4.74 Å². The van der Waals surface area contributed by atoms with Crippen LogP contribution in [-0.4, -0.2) is 50.3 Å². The molecule has 2 aliphatic heterocycles. The van der Waals surface area contributed by atoms with Crippen molar-refractivity contribution in [2.24, 2.45) is 5.92 Å². The summed E-state index contributed by atoms with van der Waals surface area (Å²) >= 11 is 0. The first-order valence-electron chi connectivity index (χ1n) is 10.1. The first-order valence-corrected chi connectivity index (χ1v) is 11.5. The monoisotopic (exact) mass is 432 g/mol. The van der Waals surface area contributed by atoms with Gasteiger partial charge in [-0.1, -0.05) is 24.3 Å². The number of hydrogen-bond donors (Lipinski definition) is 0. The third kappa shape index (κ3) is 3.94. The Bertz CT molecular complexity index is 1050. The highest BCUT2D eigenvalue weighted by Gasteiger charge is 2.35. The molecule has 30 heavy (non-hydrogen) atoms. The van der Waals surface area contributed by atoms with Crippen LogP contribution in [0.5, 0.6) is 5.75 Å². The lowest BCUT2D eigenvalue weighted by atomic mass is 9.94. The number of hydrogen-bond acceptors (Lipinski definition) is 4. The largest absolute Gasteiger partial charge is 0.495 e. The average Bonchev–Trinajstić information content (AvgIpc) is 2.78. The maximum absolute atomic E-state index is 13.7. The molecule has 0 aromatic heterocycles. The van der Waals surface area contributed by atoms with Crippen LogP contribution in [0.15, 0.2) is 47.4 Å². The highest BCUT2D eigenvalue weighted by Crippen LogP contribution is 2.31. The maximum atomic E-state index is 13.7. The summed E-state index contributed by atoms with van der Waals surface area (Å²) in [6.07, 6.45) is 1.75. The number of ether oxygens (including phenoxy) is 1. The highest BCUT2D eigenvalue weighted by molar-refractivity contribution is 7.89. The van der Waals surface area contributed by atoms with Gasteiger partial charge in [0.2, 0.25) is 15.9 Å². The van der Waals surface area contributed by atoms with Crippen LogP contribution in [0.25, 0.3) is 0 Å². The second kappa shape index (κ2) is 8.35. The molecule has 0 saturated carbocycles. The summed E-state index contributed by atoms with van der Waals surface area (Å²) in [7, 11) is -2.54. The van der Waals surface area contributed by atoms with Crippen LogP contribution < -0.4 is 4.74 Å². The molecule has 1 amide bonds. The van der Waals surface area contributed by atoms with Crippen LogP contribution >= 0.6 is 0 Å². The van der Waals surface area contributed by atoms with Gasteiger partial charge >= 0.3 is 0 Å². The van der Waals surface area contributed by atoms with Crippen molar-refractivity contribution in [2.45, 2.75) is 30.7 Å². The second-order valence-electron chi connectivity index (χ2n) is 7.75. The van der Waals surface area contributed by atoms with Crippen molar-refractivity contribution in [1.29, 1.82) is 0 Å². The summed E-state index contributed by atoms with van der Waals surface area (Å²) in [6, 6.07) is 11.6. The van der Waals surface area contributed by atoms with Gasteiger partial charge in [-0.3, -0.25) is 4.79 Å². The molecule has 0 bridgehead atoms. The van der Waals surface area contributed by atoms with E-state index in [0.29, 0.717) is 25.9 Å². The molecule has 6 nitrogen and oxygen atoms in total. The molecule has 2 aromatic rings. The summed E-state index contributed by atoms with van der Waals surface area (Å²) in [5.41, 5.74) is 2.46. The molecule has 0 N–H and O–H groups in total. The van der Waals surface area contributed by atoms with E-state index < -0.39 is 15.8 Å². The molecule has 1 saturated heterocycles. The summed E-state index contributed by atoms with van der Waals surface area (Å²) < 4.78 is 46.1. The van der Waals surface area contributed by atoms with E-state index in [1.54, 1.807) is 0 Å². The van der Waals surface area contributed by atoms with Gasteiger partial charge in [0.15, 0.2) is 0 Å². The predicted molar refractivity (Wildman–Crippen MR) is 110 cm³/mol.